The molecule has 12 atom stereocenters. The fourth-order valence-electron chi connectivity index (χ4n) is 14.1. The number of carbonyl (C=O) groups is 6. The van der Waals surface area contributed by atoms with E-state index < -0.39 is 46.7 Å². The lowest BCUT2D eigenvalue weighted by Gasteiger charge is -2.37. The van der Waals surface area contributed by atoms with Gasteiger partial charge in [0, 0.05) is 124 Å². The maximum Gasteiger partial charge on any atom is 0.330 e. The zero-order valence-corrected chi connectivity index (χ0v) is 74.5. The molecule has 6 heterocycles. The molecular weight excluding hydrogens is 1590 g/mol. The summed E-state index contributed by atoms with van der Waals surface area (Å²) in [6, 6.07) is 10.0. The van der Waals surface area contributed by atoms with E-state index >= 15 is 0 Å². The van der Waals surface area contributed by atoms with Gasteiger partial charge >= 0.3 is 17.8 Å². The molecule has 658 valence electrons. The molecule has 1 aromatic heterocycles. The van der Waals surface area contributed by atoms with Crippen LogP contribution >= 0.6 is 40.6 Å². The van der Waals surface area contributed by atoms with Gasteiger partial charge in [-0.1, -0.05) is 58.6 Å². The van der Waals surface area contributed by atoms with E-state index in [1.807, 2.05) is 51.6 Å². The van der Waals surface area contributed by atoms with E-state index in [1.54, 1.807) is 38.1 Å². The largest absolute Gasteiger partial charge is 0.382 e. The van der Waals surface area contributed by atoms with E-state index in [1.165, 1.54) is 27.8 Å². The third kappa shape index (κ3) is 35.0. The van der Waals surface area contributed by atoms with Crippen molar-refractivity contribution in [1.82, 2.24) is 55.7 Å². The number of H-pyrrole nitrogens is 1. The lowest BCUT2D eigenvalue weighted by molar-refractivity contribution is -0.122. The van der Waals surface area contributed by atoms with Gasteiger partial charge in [0.1, 0.15) is 25.0 Å². The standard InChI is InChI=1S/C49H73N8O10PS.C32H60N5O9PS/c1-32(2)57(33(3)4)68(65-27-15-24-50)67-38-28-43(66-39(38)30-64-8)55-29-35(45(60)54-47(55)62)20-23-42(59)52-26-14-10-9-13-25-51-41(58)17-12-11-16-40-44-37(31-69-40)56(48(63)53-44)46(61)34-18-21-36(22-19-34)49(5,6)7;1-25(2)37(26(3)4)47(45-15-13-33-5)46-27(22-40-6)23-44-21-20-43-19-18-42-17-16-41-14-9-12-34-30(38)11-8-7-10-29-31-28(24-48-29)35-32(39)36-31/h18-23,29,32-33,37-40,43-44H,9-17,25-28,30-31H2,1-8H3,(H,51,58)(H,52,59)(H,53,63)(H,54,60,62);25-29,31H,7-24H2,1-4,6H3,(H,34,38)(H2,35,36,39)/b23-20+;/t37-,38?,39+,40?,43+,44-,68?;27?,28-,29-,31-,47?/m00/s1. The molecule has 2 aromatic rings. The Morgan fingerprint density at radius 2 is 1.27 bits per heavy atom. The Hall–Kier alpha value is -5.72. The summed E-state index contributed by atoms with van der Waals surface area (Å²) in [7, 11) is 0.202. The van der Waals surface area contributed by atoms with Crippen LogP contribution in [-0.4, -0.2) is 268 Å². The van der Waals surface area contributed by atoms with Crippen LogP contribution in [0.4, 0.5) is 9.59 Å². The van der Waals surface area contributed by atoms with E-state index in [9.17, 15) is 38.4 Å². The zero-order valence-electron chi connectivity index (χ0n) is 71.1. The summed E-state index contributed by atoms with van der Waals surface area (Å²) in [5.74, 6) is 1.09. The highest BCUT2D eigenvalue weighted by Crippen LogP contribution is 2.51. The number of hydrogen-bond acceptors (Lipinski definition) is 24. The van der Waals surface area contributed by atoms with Gasteiger partial charge in [-0.15, -0.1) is 0 Å². The van der Waals surface area contributed by atoms with E-state index in [-0.39, 0.29) is 132 Å². The Morgan fingerprint density at radius 1 is 0.692 bits per heavy atom. The Balaban J connectivity index is 0.000000389. The van der Waals surface area contributed by atoms with Gasteiger partial charge in [0.15, 0.2) is 0 Å². The first kappa shape index (κ1) is 100. The molecule has 36 heteroatoms. The molecule has 5 aliphatic heterocycles. The zero-order chi connectivity index (χ0) is 85.2. The quantitative estimate of drug-likeness (QED) is 0.0106. The van der Waals surface area contributed by atoms with Crippen LogP contribution in [0.5, 0.6) is 0 Å². The number of aromatic amines is 1. The van der Waals surface area contributed by atoms with Gasteiger partial charge in [-0.05, 0) is 130 Å². The number of nitrogens with zero attached hydrogens (tertiary/aromatic N) is 6. The summed E-state index contributed by atoms with van der Waals surface area (Å²) in [4.78, 5) is 108. The van der Waals surface area contributed by atoms with Crippen molar-refractivity contribution in [3.05, 3.63) is 85.5 Å². The maximum absolute atomic E-state index is 13.4. The van der Waals surface area contributed by atoms with Crippen LogP contribution in [0, 0.1) is 17.9 Å². The second-order valence-electron chi connectivity index (χ2n) is 31.5. The van der Waals surface area contributed by atoms with E-state index in [2.05, 4.69) is 106 Å². The van der Waals surface area contributed by atoms with Crippen LogP contribution in [0.3, 0.4) is 0 Å². The Bertz CT molecular complexity index is 3530. The number of aromatic nitrogens is 2. The molecule has 7 N–H and O–H groups in total. The van der Waals surface area contributed by atoms with Gasteiger partial charge < -0.3 is 88.0 Å². The van der Waals surface area contributed by atoms with Gasteiger partial charge in [0.2, 0.25) is 24.3 Å². The van der Waals surface area contributed by atoms with Crippen LogP contribution < -0.4 is 43.1 Å². The Morgan fingerprint density at radius 3 is 1.87 bits per heavy atom. The minimum Gasteiger partial charge on any atom is -0.382 e. The predicted molar refractivity (Wildman–Crippen MR) is 456 cm³/mol. The lowest BCUT2D eigenvalue weighted by Crippen LogP contribution is -2.41. The number of methoxy groups -OCH3 is 2. The van der Waals surface area contributed by atoms with Gasteiger partial charge in [-0.3, -0.25) is 38.4 Å². The molecule has 5 fully saturated rings. The first-order valence-electron chi connectivity index (χ1n) is 41.5. The van der Waals surface area contributed by atoms with Crippen molar-refractivity contribution in [2.24, 2.45) is 0 Å². The number of imide groups is 1. The minimum atomic E-state index is -1.60. The summed E-state index contributed by atoms with van der Waals surface area (Å²) in [6.07, 6.45) is 12.5. The summed E-state index contributed by atoms with van der Waals surface area (Å²) in [5.41, 5.74) is 0.389. The molecule has 8 amide bonds. The minimum absolute atomic E-state index is 0.0107. The number of nitriles is 1. The third-order valence-corrected chi connectivity index (χ3v) is 27.2. The van der Waals surface area contributed by atoms with Crippen LogP contribution in [-0.2, 0) is 71.1 Å². The molecule has 7 rings (SSSR count). The summed E-state index contributed by atoms with van der Waals surface area (Å²) < 4.78 is 70.1. The van der Waals surface area contributed by atoms with Crippen molar-refractivity contribution in [2.75, 3.05) is 131 Å². The second-order valence-corrected chi connectivity index (χ2v) is 36.9. The average Bonchev–Trinajstić information content (AvgIpc) is 1.62. The molecular formula is C81H133N13O19P2S2. The van der Waals surface area contributed by atoms with Crippen molar-refractivity contribution < 1.29 is 80.0 Å². The van der Waals surface area contributed by atoms with E-state index in [0.717, 1.165) is 81.9 Å². The molecule has 0 spiro atoms. The van der Waals surface area contributed by atoms with Crippen molar-refractivity contribution in [3.63, 3.8) is 0 Å². The van der Waals surface area contributed by atoms with Gasteiger partial charge in [0.25, 0.3) is 28.5 Å². The lowest BCUT2D eigenvalue weighted by atomic mass is 9.86. The molecule has 5 aliphatic rings. The van der Waals surface area contributed by atoms with Crippen LogP contribution in [0.2, 0.25) is 0 Å². The average molecular weight is 1720 g/mol. The molecule has 1 aromatic carbocycles. The molecule has 117 heavy (non-hydrogen) atoms. The molecule has 32 nitrogen and oxygen atoms in total. The Kier molecular flexibility index (Phi) is 46.7. The van der Waals surface area contributed by atoms with Crippen molar-refractivity contribution in [2.45, 2.75) is 261 Å². The molecule has 0 bridgehead atoms. The predicted octanol–water partition coefficient (Wildman–Crippen LogP) is 10.1. The SMILES string of the molecule is COC[C@H]1O[C@@H](n2cc(/C=C/C(=O)NCCCCCCNC(=O)CCCCC3SC[C@H]4[C@@H]3NC(=O)N4C(=O)c3ccc(C(C)(C)C)cc3)c(=O)[nH]c2=O)CC1OP(OCCC#N)N(C(C)C)C(C)C.[C-]#[N+]CCOP(OC(COC)COCCOCCOCCOCCCNC(=O)CCCC[C@@H]1SC[C@@H]2NC(=O)N[C@@H]21)N(C(C)C)C(C)C. The number of benzene rings is 1. The first-order valence-corrected chi connectivity index (χ1v) is 45.9. The fraction of sp³-hybridized carbons (Fsp3) is 0.753. The number of carbonyl (C=O) groups excluding carboxylic acids is 6. The number of unbranched alkanes of at least 4 members (excludes halogenated alkanes) is 5. The number of urea groups is 2. The number of fused-ring (bicyclic) bond motifs is 2. The van der Waals surface area contributed by atoms with Gasteiger partial charge in [0.05, 0.1) is 114 Å². The highest BCUT2D eigenvalue weighted by Gasteiger charge is 2.51. The molecule has 5 unspecified atom stereocenters. The highest BCUT2D eigenvalue weighted by atomic mass is 32.2. The maximum atomic E-state index is 13.4. The Labute approximate surface area is 703 Å². The third-order valence-electron chi connectivity index (χ3n) is 19.9. The monoisotopic (exact) mass is 1720 g/mol. The number of nitrogens with one attached hydrogen (secondary N) is 7. The van der Waals surface area contributed by atoms with Crippen LogP contribution in [0.25, 0.3) is 10.9 Å². The number of hydrogen-bond donors (Lipinski definition) is 7. The molecule has 0 saturated carbocycles. The van der Waals surface area contributed by atoms with E-state index in [4.69, 9.17) is 63.1 Å². The highest BCUT2D eigenvalue weighted by molar-refractivity contribution is 8.00. The summed E-state index contributed by atoms with van der Waals surface area (Å²) in [6.45, 7) is 36.6. The van der Waals surface area contributed by atoms with Crippen LogP contribution in [0.15, 0.2) is 46.1 Å². The first-order chi connectivity index (χ1) is 56.2. The smallest absolute Gasteiger partial charge is 0.330 e. The normalized spacial score (nSPS) is 21.1. The number of rotatable bonds is 56. The summed E-state index contributed by atoms with van der Waals surface area (Å²) in [5, 5.41) is 27.5. The van der Waals surface area contributed by atoms with Crippen molar-refractivity contribution in [1.29, 1.82) is 5.26 Å². The topological polar surface area (TPSA) is 369 Å². The second kappa shape index (κ2) is 54.6. The fourth-order valence-corrected chi connectivity index (χ4v) is 20.7. The van der Waals surface area contributed by atoms with Crippen molar-refractivity contribution in [3.8, 4) is 6.07 Å². The number of thioether (sulfide) groups is 2. The van der Waals surface area contributed by atoms with Gasteiger partial charge in [-0.2, -0.15) is 28.8 Å². The summed E-state index contributed by atoms with van der Waals surface area (Å²) >= 11 is 3.69. The molecule has 0 radical (unpaired) electrons. The molecule has 5 saturated heterocycles. The van der Waals surface area contributed by atoms with Crippen LogP contribution in [0.1, 0.15) is 200 Å². The van der Waals surface area contributed by atoms with Crippen molar-refractivity contribution >= 4 is 82.3 Å². The van der Waals surface area contributed by atoms with E-state index in [0.29, 0.717) is 122 Å². The molecule has 0 aliphatic carbocycles. The van der Waals surface area contributed by atoms with Gasteiger partial charge in [-0.25, -0.2) is 30.3 Å². The number of ether oxygens (including phenoxy) is 7. The number of amides is 8.